The zero-order valence-electron chi connectivity index (χ0n) is 16.3. The highest BCUT2D eigenvalue weighted by Crippen LogP contribution is 2.25. The minimum absolute atomic E-state index is 0.644. The van der Waals surface area contributed by atoms with E-state index in [-0.39, 0.29) is 0 Å². The average Bonchev–Trinajstić information content (AvgIpc) is 3.29. The average molecular weight is 407 g/mol. The summed E-state index contributed by atoms with van der Waals surface area (Å²) in [7, 11) is 1.63. The summed E-state index contributed by atoms with van der Waals surface area (Å²) in [5, 5.41) is 9.88. The highest BCUT2D eigenvalue weighted by Gasteiger charge is 2.20. The van der Waals surface area contributed by atoms with Crippen molar-refractivity contribution in [3.8, 4) is 23.3 Å². The molecule has 3 heterocycles. The normalized spacial score (nSPS) is 14.6. The van der Waals surface area contributed by atoms with Crippen molar-refractivity contribution in [1.29, 1.82) is 5.26 Å². The molecule has 0 bridgehead atoms. The summed E-state index contributed by atoms with van der Waals surface area (Å²) >= 11 is 1.44. The molecule has 7 nitrogen and oxygen atoms in total. The fraction of sp³-hybridized carbons (Fsp3) is 0.333. The Balaban J connectivity index is 1.29. The van der Waals surface area contributed by atoms with E-state index in [1.807, 2.05) is 24.4 Å². The Kier molecular flexibility index (Phi) is 5.98. The molecule has 29 heavy (non-hydrogen) atoms. The lowest BCUT2D eigenvalue weighted by Crippen LogP contribution is -2.47. The standard InChI is InChI=1S/C21H22N6OS/c1-28-19-7-4-17(15-23-19)8-9-26-10-12-27(13-11-26)21-24-20(25-29-21)18-5-2-16(14-22)3-6-18/h2-7,15H,8-13H2,1H3. The topological polar surface area (TPSA) is 78.2 Å². The molecule has 0 atom stereocenters. The van der Waals surface area contributed by atoms with Gasteiger partial charge in [0, 0.05) is 62.1 Å². The number of benzene rings is 1. The second-order valence-electron chi connectivity index (χ2n) is 6.88. The second-order valence-corrected chi connectivity index (χ2v) is 7.61. The third-order valence-electron chi connectivity index (χ3n) is 5.05. The van der Waals surface area contributed by atoms with Crippen LogP contribution in [0.15, 0.2) is 42.6 Å². The number of rotatable bonds is 6. The first-order chi connectivity index (χ1) is 14.2. The molecule has 0 saturated carbocycles. The van der Waals surface area contributed by atoms with Crippen molar-refractivity contribution >= 4 is 16.7 Å². The second kappa shape index (κ2) is 8.99. The third-order valence-corrected chi connectivity index (χ3v) is 5.83. The number of hydrogen-bond donors (Lipinski definition) is 0. The monoisotopic (exact) mass is 406 g/mol. The van der Waals surface area contributed by atoms with E-state index < -0.39 is 0 Å². The van der Waals surface area contributed by atoms with Crippen molar-refractivity contribution in [2.24, 2.45) is 0 Å². The number of hydrogen-bond acceptors (Lipinski definition) is 8. The fourth-order valence-electron chi connectivity index (χ4n) is 3.28. The smallest absolute Gasteiger partial charge is 0.212 e. The van der Waals surface area contributed by atoms with E-state index in [1.165, 1.54) is 17.1 Å². The molecule has 0 radical (unpaired) electrons. The summed E-state index contributed by atoms with van der Waals surface area (Å²) in [6.07, 6.45) is 2.87. The maximum atomic E-state index is 8.92. The molecule has 1 saturated heterocycles. The first-order valence-corrected chi connectivity index (χ1v) is 10.3. The van der Waals surface area contributed by atoms with Crippen molar-refractivity contribution in [3.05, 3.63) is 53.7 Å². The number of piperazine rings is 1. The SMILES string of the molecule is COc1ccc(CCN2CCN(c3nc(-c4ccc(C#N)cc4)ns3)CC2)cn1. The number of ether oxygens (including phenoxy) is 1. The van der Waals surface area contributed by atoms with Gasteiger partial charge in [0.25, 0.3) is 0 Å². The van der Waals surface area contributed by atoms with Crippen molar-refractivity contribution in [3.63, 3.8) is 0 Å². The minimum atomic E-state index is 0.644. The summed E-state index contributed by atoms with van der Waals surface area (Å²) in [6.45, 7) is 4.94. The van der Waals surface area contributed by atoms with Gasteiger partial charge < -0.3 is 9.64 Å². The van der Waals surface area contributed by atoms with Gasteiger partial charge in [0.2, 0.25) is 11.0 Å². The molecule has 0 unspecified atom stereocenters. The molecular weight excluding hydrogens is 384 g/mol. The van der Waals surface area contributed by atoms with Gasteiger partial charge >= 0.3 is 0 Å². The van der Waals surface area contributed by atoms with E-state index in [4.69, 9.17) is 15.0 Å². The van der Waals surface area contributed by atoms with Crippen molar-refractivity contribution in [1.82, 2.24) is 19.2 Å². The van der Waals surface area contributed by atoms with Gasteiger partial charge in [-0.05, 0) is 36.2 Å². The molecule has 1 fully saturated rings. The maximum absolute atomic E-state index is 8.92. The molecule has 8 heteroatoms. The van der Waals surface area contributed by atoms with Crippen LogP contribution in [0.3, 0.4) is 0 Å². The van der Waals surface area contributed by atoms with Crippen molar-refractivity contribution in [2.45, 2.75) is 6.42 Å². The lowest BCUT2D eigenvalue weighted by atomic mass is 10.1. The Bertz CT molecular complexity index is 972. The van der Waals surface area contributed by atoms with Crippen LogP contribution < -0.4 is 9.64 Å². The van der Waals surface area contributed by atoms with E-state index in [0.717, 1.165) is 55.7 Å². The Morgan fingerprint density at radius 1 is 1.10 bits per heavy atom. The van der Waals surface area contributed by atoms with E-state index in [2.05, 4.69) is 31.3 Å². The van der Waals surface area contributed by atoms with Crippen LogP contribution in [0.1, 0.15) is 11.1 Å². The number of nitriles is 1. The predicted octanol–water partition coefficient (Wildman–Crippen LogP) is 2.85. The molecule has 1 aliphatic heterocycles. The number of aromatic nitrogens is 3. The zero-order chi connectivity index (χ0) is 20.1. The van der Waals surface area contributed by atoms with Gasteiger partial charge in [-0.25, -0.2) is 4.98 Å². The van der Waals surface area contributed by atoms with Gasteiger partial charge in [-0.1, -0.05) is 6.07 Å². The van der Waals surface area contributed by atoms with E-state index in [0.29, 0.717) is 11.4 Å². The molecule has 0 spiro atoms. The summed E-state index contributed by atoms with van der Waals surface area (Å²) in [5.74, 6) is 1.38. The number of nitrogens with zero attached hydrogens (tertiary/aromatic N) is 6. The maximum Gasteiger partial charge on any atom is 0.212 e. The molecule has 148 valence electrons. The van der Waals surface area contributed by atoms with E-state index in [9.17, 15) is 0 Å². The number of anilines is 1. The van der Waals surface area contributed by atoms with Gasteiger partial charge in [0.15, 0.2) is 5.82 Å². The molecule has 0 aliphatic carbocycles. The molecule has 4 rings (SSSR count). The Morgan fingerprint density at radius 3 is 2.55 bits per heavy atom. The molecule has 0 N–H and O–H groups in total. The van der Waals surface area contributed by atoms with Gasteiger partial charge in [-0.3, -0.25) is 4.90 Å². The van der Waals surface area contributed by atoms with Crippen LogP contribution in [0.25, 0.3) is 11.4 Å². The lowest BCUT2D eigenvalue weighted by Gasteiger charge is -2.34. The van der Waals surface area contributed by atoms with Crippen LogP contribution >= 0.6 is 11.5 Å². The number of pyridine rings is 1. The summed E-state index contributed by atoms with van der Waals surface area (Å²) in [4.78, 5) is 13.8. The highest BCUT2D eigenvalue weighted by molar-refractivity contribution is 7.09. The van der Waals surface area contributed by atoms with Crippen LogP contribution in [-0.4, -0.2) is 59.1 Å². The number of methoxy groups -OCH3 is 1. The van der Waals surface area contributed by atoms with Crippen molar-refractivity contribution < 1.29 is 4.74 Å². The van der Waals surface area contributed by atoms with Crippen LogP contribution in [0.2, 0.25) is 0 Å². The molecule has 1 aliphatic rings. The Morgan fingerprint density at radius 2 is 1.90 bits per heavy atom. The van der Waals surface area contributed by atoms with Gasteiger partial charge in [0.05, 0.1) is 18.7 Å². The quantitative estimate of drug-likeness (QED) is 0.623. The van der Waals surface area contributed by atoms with Crippen LogP contribution in [0, 0.1) is 11.3 Å². The van der Waals surface area contributed by atoms with Gasteiger partial charge in [-0.15, -0.1) is 0 Å². The van der Waals surface area contributed by atoms with Crippen LogP contribution in [0.5, 0.6) is 5.88 Å². The Labute approximate surface area is 174 Å². The van der Waals surface area contributed by atoms with Gasteiger partial charge in [0.1, 0.15) is 0 Å². The lowest BCUT2D eigenvalue weighted by molar-refractivity contribution is 0.261. The van der Waals surface area contributed by atoms with E-state index >= 15 is 0 Å². The van der Waals surface area contributed by atoms with Gasteiger partial charge in [-0.2, -0.15) is 14.6 Å². The fourth-order valence-corrected chi connectivity index (χ4v) is 4.02. The first kappa shape index (κ1) is 19.3. The first-order valence-electron chi connectivity index (χ1n) is 9.55. The van der Waals surface area contributed by atoms with Crippen molar-refractivity contribution in [2.75, 3.05) is 44.7 Å². The summed E-state index contributed by atoms with van der Waals surface area (Å²) in [5.41, 5.74) is 2.81. The Hall–Kier alpha value is -3.02. The molecule has 1 aromatic carbocycles. The minimum Gasteiger partial charge on any atom is -0.481 e. The summed E-state index contributed by atoms with van der Waals surface area (Å²) < 4.78 is 9.61. The largest absolute Gasteiger partial charge is 0.481 e. The van der Waals surface area contributed by atoms with E-state index in [1.54, 1.807) is 19.2 Å². The third kappa shape index (κ3) is 4.70. The molecular formula is C21H22N6OS. The zero-order valence-corrected chi connectivity index (χ0v) is 17.1. The highest BCUT2D eigenvalue weighted by atomic mass is 32.1. The molecule has 3 aromatic rings. The van der Waals surface area contributed by atoms with Crippen LogP contribution in [0.4, 0.5) is 5.13 Å². The molecule has 2 aromatic heterocycles. The van der Waals surface area contributed by atoms with Crippen LogP contribution in [-0.2, 0) is 6.42 Å². The predicted molar refractivity (Wildman–Crippen MR) is 113 cm³/mol. The molecule has 0 amide bonds. The summed E-state index contributed by atoms with van der Waals surface area (Å²) in [6, 6.07) is 13.5.